The van der Waals surface area contributed by atoms with Gasteiger partial charge in [0.05, 0.1) is 11.0 Å². The van der Waals surface area contributed by atoms with Crippen LogP contribution in [0.2, 0.25) is 0 Å². The fourth-order valence-corrected chi connectivity index (χ4v) is 4.99. The molecule has 1 heterocycles. The average molecular weight is 355 g/mol. The van der Waals surface area contributed by atoms with Gasteiger partial charge in [-0.25, -0.2) is 8.42 Å². The first kappa shape index (κ1) is 17.7. The number of benzene rings is 2. The minimum atomic E-state index is -3.75. The first-order valence-corrected chi connectivity index (χ1v) is 9.73. The molecule has 1 atom stereocenters. The molecule has 2 aromatic carbocycles. The molecule has 0 aromatic heterocycles. The van der Waals surface area contributed by atoms with Gasteiger partial charge >= 0.3 is 0 Å². The van der Waals surface area contributed by atoms with E-state index in [2.05, 4.69) is 5.92 Å². The minimum absolute atomic E-state index is 0.121. The first-order valence-electron chi connectivity index (χ1n) is 8.29. The molecule has 0 radical (unpaired) electrons. The number of sulfonamides is 1. The summed E-state index contributed by atoms with van der Waals surface area (Å²) in [5.74, 6) is 2.65. The number of nitrogens with zero attached hydrogens (tertiary/aromatic N) is 1. The summed E-state index contributed by atoms with van der Waals surface area (Å²) in [7, 11) is -3.75. The summed E-state index contributed by atoms with van der Waals surface area (Å²) in [5, 5.41) is 9.88. The fraction of sp³-hybridized carbons (Fsp3) is 0.300. The Bertz CT molecular complexity index is 914. The molecule has 1 saturated heterocycles. The molecule has 1 aliphatic rings. The van der Waals surface area contributed by atoms with Crippen LogP contribution < -0.4 is 0 Å². The van der Waals surface area contributed by atoms with Gasteiger partial charge in [-0.2, -0.15) is 4.31 Å². The SMILES string of the molecule is C#Cc1c(C)ccc(S(=O)(=O)N2CCCC(O)C2)c1-c1ccccc1. The molecule has 130 valence electrons. The van der Waals surface area contributed by atoms with Crippen molar-refractivity contribution in [3.63, 3.8) is 0 Å². The standard InChI is InChI=1S/C20H21NO3S/c1-3-18-15(2)11-12-19(20(18)16-8-5-4-6-9-16)25(23,24)21-13-7-10-17(22)14-21/h1,4-6,8-9,11-12,17,22H,7,10,13-14H2,2H3. The Morgan fingerprint density at radius 1 is 1.20 bits per heavy atom. The lowest BCUT2D eigenvalue weighted by molar-refractivity contribution is 0.108. The summed E-state index contributed by atoms with van der Waals surface area (Å²) in [6.45, 7) is 2.41. The molecule has 0 saturated carbocycles. The third-order valence-electron chi connectivity index (χ3n) is 4.56. The number of terminal acetylenes is 1. The molecular formula is C20H21NO3S. The van der Waals surface area contributed by atoms with E-state index in [0.29, 0.717) is 30.5 Å². The monoisotopic (exact) mass is 355 g/mol. The smallest absolute Gasteiger partial charge is 0.243 e. The topological polar surface area (TPSA) is 57.6 Å². The van der Waals surface area contributed by atoms with E-state index in [1.165, 1.54) is 4.31 Å². The Morgan fingerprint density at radius 3 is 2.56 bits per heavy atom. The van der Waals surface area contributed by atoms with Crippen LogP contribution >= 0.6 is 0 Å². The lowest BCUT2D eigenvalue weighted by Crippen LogP contribution is -2.42. The number of β-amino-alcohol motifs (C(OH)–C–C–N with tert-alkyl or cyclic N) is 1. The van der Waals surface area contributed by atoms with Crippen LogP contribution in [-0.2, 0) is 10.0 Å². The van der Waals surface area contributed by atoms with Crippen LogP contribution in [0.15, 0.2) is 47.4 Å². The second-order valence-corrected chi connectivity index (χ2v) is 8.21. The highest BCUT2D eigenvalue weighted by molar-refractivity contribution is 7.89. The van der Waals surface area contributed by atoms with E-state index in [9.17, 15) is 13.5 Å². The molecule has 1 N–H and O–H groups in total. The summed E-state index contributed by atoms with van der Waals surface area (Å²) in [5.41, 5.74) is 2.78. The van der Waals surface area contributed by atoms with Crippen molar-refractivity contribution in [3.8, 4) is 23.5 Å². The summed E-state index contributed by atoms with van der Waals surface area (Å²) in [6.07, 6.45) is 6.35. The van der Waals surface area contributed by atoms with Crippen molar-refractivity contribution in [2.75, 3.05) is 13.1 Å². The van der Waals surface area contributed by atoms with Crippen LogP contribution in [0.4, 0.5) is 0 Å². The van der Waals surface area contributed by atoms with Gasteiger partial charge in [0.25, 0.3) is 0 Å². The Balaban J connectivity index is 2.21. The van der Waals surface area contributed by atoms with Gasteiger partial charge in [-0.3, -0.25) is 0 Å². The van der Waals surface area contributed by atoms with Crippen molar-refractivity contribution in [1.82, 2.24) is 4.31 Å². The molecular weight excluding hydrogens is 334 g/mol. The van der Waals surface area contributed by atoms with Gasteiger partial charge in [-0.05, 0) is 37.0 Å². The second kappa shape index (κ2) is 7.01. The van der Waals surface area contributed by atoms with Gasteiger partial charge in [0.1, 0.15) is 0 Å². The van der Waals surface area contributed by atoms with E-state index in [4.69, 9.17) is 6.42 Å². The second-order valence-electron chi connectivity index (χ2n) is 6.30. The quantitative estimate of drug-likeness (QED) is 0.862. The zero-order chi connectivity index (χ0) is 18.0. The van der Waals surface area contributed by atoms with Gasteiger partial charge in [0, 0.05) is 24.2 Å². The third kappa shape index (κ3) is 3.34. The number of piperidine rings is 1. The molecule has 5 heteroatoms. The van der Waals surface area contributed by atoms with Crippen molar-refractivity contribution >= 4 is 10.0 Å². The van der Waals surface area contributed by atoms with Gasteiger partial charge < -0.3 is 5.11 Å². The average Bonchev–Trinajstić information content (AvgIpc) is 2.62. The van der Waals surface area contributed by atoms with Gasteiger partial charge in [-0.1, -0.05) is 42.3 Å². The van der Waals surface area contributed by atoms with Gasteiger partial charge in [-0.15, -0.1) is 6.42 Å². The number of rotatable bonds is 3. The lowest BCUT2D eigenvalue weighted by atomic mass is 9.96. The Morgan fingerprint density at radius 2 is 1.92 bits per heavy atom. The zero-order valence-electron chi connectivity index (χ0n) is 14.1. The molecule has 0 bridgehead atoms. The van der Waals surface area contributed by atoms with Crippen LogP contribution in [0, 0.1) is 19.3 Å². The Kier molecular flexibility index (Phi) is 4.96. The van der Waals surface area contributed by atoms with E-state index in [0.717, 1.165) is 11.1 Å². The highest BCUT2D eigenvalue weighted by Gasteiger charge is 2.32. The largest absolute Gasteiger partial charge is 0.392 e. The number of hydrogen-bond donors (Lipinski definition) is 1. The van der Waals surface area contributed by atoms with Crippen LogP contribution in [0.3, 0.4) is 0 Å². The molecule has 1 aliphatic heterocycles. The highest BCUT2D eigenvalue weighted by Crippen LogP contribution is 2.34. The Labute approximate surface area is 149 Å². The third-order valence-corrected chi connectivity index (χ3v) is 6.47. The van der Waals surface area contributed by atoms with Crippen molar-refractivity contribution in [1.29, 1.82) is 0 Å². The Hall–Kier alpha value is -2.13. The van der Waals surface area contributed by atoms with Crippen LogP contribution in [0.1, 0.15) is 24.0 Å². The predicted octanol–water partition coefficient (Wildman–Crippen LogP) is 2.79. The normalized spacial score (nSPS) is 18.7. The molecule has 4 nitrogen and oxygen atoms in total. The molecule has 1 unspecified atom stereocenters. The van der Waals surface area contributed by atoms with Crippen LogP contribution in [-0.4, -0.2) is 37.0 Å². The van der Waals surface area contributed by atoms with Crippen molar-refractivity contribution in [3.05, 3.63) is 53.6 Å². The molecule has 3 rings (SSSR count). The molecule has 0 spiro atoms. The molecule has 25 heavy (non-hydrogen) atoms. The highest BCUT2D eigenvalue weighted by atomic mass is 32.2. The summed E-state index contributed by atoms with van der Waals surface area (Å²) >= 11 is 0. The lowest BCUT2D eigenvalue weighted by Gasteiger charge is -2.30. The summed E-state index contributed by atoms with van der Waals surface area (Å²) < 4.78 is 27.9. The van der Waals surface area contributed by atoms with Gasteiger partial charge in [0.2, 0.25) is 10.0 Å². The van der Waals surface area contributed by atoms with E-state index in [1.54, 1.807) is 12.1 Å². The number of hydrogen-bond acceptors (Lipinski definition) is 3. The number of aliphatic hydroxyl groups is 1. The van der Waals surface area contributed by atoms with E-state index >= 15 is 0 Å². The van der Waals surface area contributed by atoms with Gasteiger partial charge in [0.15, 0.2) is 0 Å². The minimum Gasteiger partial charge on any atom is -0.392 e. The molecule has 1 fully saturated rings. The summed E-state index contributed by atoms with van der Waals surface area (Å²) in [4.78, 5) is 0.200. The van der Waals surface area contributed by atoms with Crippen molar-refractivity contribution in [2.45, 2.75) is 30.8 Å². The van der Waals surface area contributed by atoms with Crippen LogP contribution in [0.5, 0.6) is 0 Å². The zero-order valence-corrected chi connectivity index (χ0v) is 15.0. The fourth-order valence-electron chi connectivity index (χ4n) is 3.26. The van der Waals surface area contributed by atoms with E-state index < -0.39 is 16.1 Å². The maximum atomic E-state index is 13.3. The van der Waals surface area contributed by atoms with E-state index in [-0.39, 0.29) is 11.4 Å². The molecule has 2 aromatic rings. The summed E-state index contributed by atoms with van der Waals surface area (Å²) in [6, 6.07) is 12.7. The maximum absolute atomic E-state index is 13.3. The predicted molar refractivity (Wildman–Crippen MR) is 98.5 cm³/mol. The van der Waals surface area contributed by atoms with Crippen molar-refractivity contribution < 1.29 is 13.5 Å². The van der Waals surface area contributed by atoms with Crippen molar-refractivity contribution in [2.24, 2.45) is 0 Å². The van der Waals surface area contributed by atoms with E-state index in [1.807, 2.05) is 37.3 Å². The number of aliphatic hydroxyl groups excluding tert-OH is 1. The number of aryl methyl sites for hydroxylation is 1. The van der Waals surface area contributed by atoms with Crippen LogP contribution in [0.25, 0.3) is 11.1 Å². The molecule has 0 amide bonds. The maximum Gasteiger partial charge on any atom is 0.243 e. The first-order chi connectivity index (χ1) is 11.9. The molecule has 0 aliphatic carbocycles.